The average molecular weight is 573 g/mol. The molecule has 2 N–H and O–H groups in total. The van der Waals surface area contributed by atoms with Crippen LogP contribution in [0, 0.1) is 0 Å². The Bertz CT molecular complexity index is 1270. The topological polar surface area (TPSA) is 102 Å². The number of urea groups is 1. The van der Waals surface area contributed by atoms with Crippen molar-refractivity contribution in [1.29, 1.82) is 0 Å². The molecule has 1 heterocycles. The molecular formula is C25H28Cl2F2N4O5. The highest BCUT2D eigenvalue weighted by Crippen LogP contribution is 2.30. The number of amides is 2. The van der Waals surface area contributed by atoms with Crippen molar-refractivity contribution in [2.75, 3.05) is 31.3 Å². The first-order valence-electron chi connectivity index (χ1n) is 11.4. The Morgan fingerprint density at radius 1 is 1.08 bits per heavy atom. The number of hydrogen-bond acceptors (Lipinski definition) is 6. The molecule has 3 aromatic rings. The van der Waals surface area contributed by atoms with E-state index in [1.165, 1.54) is 35.0 Å². The highest BCUT2D eigenvalue weighted by atomic mass is 35.5. The van der Waals surface area contributed by atoms with E-state index >= 15 is 0 Å². The lowest BCUT2D eigenvalue weighted by Crippen LogP contribution is -2.37. The minimum Gasteiger partial charge on any atom is -0.465 e. The zero-order valence-electron chi connectivity index (χ0n) is 20.9. The lowest BCUT2D eigenvalue weighted by atomic mass is 10.1. The number of fused-ring (bicyclic) bond motifs is 1. The van der Waals surface area contributed by atoms with Crippen LogP contribution in [0.15, 0.2) is 48.7 Å². The molecule has 0 aliphatic heterocycles. The van der Waals surface area contributed by atoms with E-state index in [1.807, 2.05) is 0 Å². The van der Waals surface area contributed by atoms with Crippen molar-refractivity contribution in [2.24, 2.45) is 0 Å². The minimum atomic E-state index is -2.95. The van der Waals surface area contributed by atoms with Gasteiger partial charge in [0.15, 0.2) is 0 Å². The smallest absolute Gasteiger partial charge is 0.387 e. The average Bonchev–Trinajstić information content (AvgIpc) is 3.17. The molecule has 1 atom stereocenters. The predicted molar refractivity (Wildman–Crippen MR) is 144 cm³/mol. The van der Waals surface area contributed by atoms with E-state index < -0.39 is 24.7 Å². The Morgan fingerprint density at radius 3 is 2.37 bits per heavy atom. The molecule has 0 saturated carbocycles. The number of rotatable bonds is 10. The highest BCUT2D eigenvalue weighted by Gasteiger charge is 2.24. The number of aromatic nitrogens is 1. The SMILES string of the molecule is CCOC(=O)C(CCC(=O)n1cc(NC(=O)Nc2ccc(OC(F)F)cc2)c2cc(Cl)ccc21)N(C)C.Cl. The Hall–Kier alpha value is -3.41. The van der Waals surface area contributed by atoms with Gasteiger partial charge in [0.2, 0.25) is 5.91 Å². The van der Waals surface area contributed by atoms with Crippen LogP contribution in [-0.4, -0.2) is 60.7 Å². The molecule has 206 valence electrons. The number of ether oxygens (including phenoxy) is 2. The van der Waals surface area contributed by atoms with Gasteiger partial charge in [-0.15, -0.1) is 12.4 Å². The molecule has 2 aromatic carbocycles. The fourth-order valence-electron chi connectivity index (χ4n) is 3.72. The van der Waals surface area contributed by atoms with Crippen LogP contribution in [0.4, 0.5) is 25.0 Å². The van der Waals surface area contributed by atoms with E-state index in [0.717, 1.165) is 0 Å². The number of carbonyl (C=O) groups is 3. The van der Waals surface area contributed by atoms with Crippen molar-refractivity contribution in [2.45, 2.75) is 32.4 Å². The maximum absolute atomic E-state index is 13.1. The van der Waals surface area contributed by atoms with Crippen LogP contribution < -0.4 is 15.4 Å². The number of alkyl halides is 2. The number of nitrogens with zero attached hydrogens (tertiary/aromatic N) is 2. The molecule has 38 heavy (non-hydrogen) atoms. The van der Waals surface area contributed by atoms with Gasteiger partial charge in [0.05, 0.1) is 17.8 Å². The summed E-state index contributed by atoms with van der Waals surface area (Å²) in [5.41, 5.74) is 1.19. The number of halogens is 4. The van der Waals surface area contributed by atoms with Gasteiger partial charge in [-0.05, 0) is 69.9 Å². The quantitative estimate of drug-likeness (QED) is 0.294. The molecular weight excluding hydrogens is 545 g/mol. The second-order valence-electron chi connectivity index (χ2n) is 8.22. The van der Waals surface area contributed by atoms with Crippen molar-refractivity contribution >= 4 is 64.2 Å². The lowest BCUT2D eigenvalue weighted by Gasteiger charge is -2.22. The molecule has 9 nitrogen and oxygen atoms in total. The third kappa shape index (κ3) is 8.04. The summed E-state index contributed by atoms with van der Waals surface area (Å²) < 4.78 is 35.4. The molecule has 0 aliphatic rings. The van der Waals surface area contributed by atoms with Gasteiger partial charge < -0.3 is 20.1 Å². The Kier molecular flexibility index (Phi) is 11.3. The molecule has 0 radical (unpaired) electrons. The van der Waals surface area contributed by atoms with Crippen LogP contribution in [0.3, 0.4) is 0 Å². The van der Waals surface area contributed by atoms with E-state index in [4.69, 9.17) is 16.3 Å². The number of benzene rings is 2. The zero-order chi connectivity index (χ0) is 27.1. The summed E-state index contributed by atoms with van der Waals surface area (Å²) in [6, 6.07) is 9.11. The van der Waals surface area contributed by atoms with Crippen molar-refractivity contribution in [3.63, 3.8) is 0 Å². The fourth-order valence-corrected chi connectivity index (χ4v) is 3.89. The molecule has 13 heteroatoms. The second kappa shape index (κ2) is 13.9. The highest BCUT2D eigenvalue weighted by molar-refractivity contribution is 6.31. The summed E-state index contributed by atoms with van der Waals surface area (Å²) in [6.45, 7) is -0.993. The van der Waals surface area contributed by atoms with Crippen molar-refractivity contribution in [1.82, 2.24) is 9.47 Å². The molecule has 0 aliphatic carbocycles. The molecule has 1 aromatic heterocycles. The monoisotopic (exact) mass is 572 g/mol. The minimum absolute atomic E-state index is 0. The van der Waals surface area contributed by atoms with Crippen LogP contribution >= 0.6 is 24.0 Å². The first kappa shape index (κ1) is 30.8. The van der Waals surface area contributed by atoms with Gasteiger partial charge in [-0.1, -0.05) is 11.6 Å². The van der Waals surface area contributed by atoms with Gasteiger partial charge >= 0.3 is 18.6 Å². The lowest BCUT2D eigenvalue weighted by molar-refractivity contribution is -0.148. The van der Waals surface area contributed by atoms with Gasteiger partial charge in [0.25, 0.3) is 0 Å². The maximum Gasteiger partial charge on any atom is 0.387 e. The van der Waals surface area contributed by atoms with E-state index in [-0.39, 0.29) is 43.5 Å². The summed E-state index contributed by atoms with van der Waals surface area (Å²) in [7, 11) is 3.47. The van der Waals surface area contributed by atoms with Gasteiger partial charge in [0, 0.05) is 28.7 Å². The van der Waals surface area contributed by atoms with Crippen molar-refractivity contribution in [3.05, 3.63) is 53.7 Å². The summed E-state index contributed by atoms with van der Waals surface area (Å²) in [6.07, 6.45) is 1.77. The molecule has 2 amide bonds. The standard InChI is InChI=1S/C25H27ClF2N4O5.ClH/c1-4-36-23(34)21(31(2)3)11-12-22(33)32-14-19(18-13-15(26)5-10-20(18)32)30-25(35)29-16-6-8-17(9-7-16)37-24(27)28;/h5-10,13-14,21,24H,4,11-12H2,1-3H3,(H2,29,30,35);1H. The molecule has 1 unspecified atom stereocenters. The van der Waals surface area contributed by atoms with E-state index in [2.05, 4.69) is 15.4 Å². The molecule has 0 saturated heterocycles. The zero-order valence-corrected chi connectivity index (χ0v) is 22.4. The third-order valence-electron chi connectivity index (χ3n) is 5.43. The number of nitrogens with one attached hydrogen (secondary N) is 2. The van der Waals surface area contributed by atoms with Gasteiger partial charge in [0.1, 0.15) is 11.8 Å². The number of hydrogen-bond donors (Lipinski definition) is 2. The number of carbonyl (C=O) groups excluding carboxylic acids is 3. The summed E-state index contributed by atoms with van der Waals surface area (Å²) in [4.78, 5) is 39.7. The first-order chi connectivity index (χ1) is 17.6. The largest absolute Gasteiger partial charge is 0.465 e. The van der Waals surface area contributed by atoms with Gasteiger partial charge in [-0.25, -0.2) is 4.79 Å². The normalized spacial score (nSPS) is 11.7. The predicted octanol–water partition coefficient (Wildman–Crippen LogP) is 5.88. The Labute approximate surface area is 229 Å². The summed E-state index contributed by atoms with van der Waals surface area (Å²) in [5, 5.41) is 6.22. The molecule has 0 fully saturated rings. The van der Waals surface area contributed by atoms with E-state index in [0.29, 0.717) is 27.3 Å². The third-order valence-corrected chi connectivity index (χ3v) is 5.67. The number of esters is 1. The second-order valence-corrected chi connectivity index (χ2v) is 8.66. The van der Waals surface area contributed by atoms with E-state index in [9.17, 15) is 23.2 Å². The van der Waals surface area contributed by atoms with Crippen LogP contribution in [0.25, 0.3) is 10.9 Å². The van der Waals surface area contributed by atoms with Crippen molar-refractivity contribution in [3.8, 4) is 5.75 Å². The first-order valence-corrected chi connectivity index (χ1v) is 11.8. The molecule has 3 rings (SSSR count). The Morgan fingerprint density at radius 2 is 1.76 bits per heavy atom. The molecule has 0 bridgehead atoms. The van der Waals surface area contributed by atoms with Crippen LogP contribution in [0.2, 0.25) is 5.02 Å². The van der Waals surface area contributed by atoms with Crippen LogP contribution in [-0.2, 0) is 9.53 Å². The number of anilines is 2. The van der Waals surface area contributed by atoms with Crippen molar-refractivity contribution < 1.29 is 32.6 Å². The van der Waals surface area contributed by atoms with Gasteiger partial charge in [-0.3, -0.25) is 19.1 Å². The summed E-state index contributed by atoms with van der Waals surface area (Å²) >= 11 is 6.15. The van der Waals surface area contributed by atoms with Crippen LogP contribution in [0.1, 0.15) is 24.6 Å². The molecule has 0 spiro atoms. The van der Waals surface area contributed by atoms with Crippen LogP contribution in [0.5, 0.6) is 5.75 Å². The number of likely N-dealkylation sites (N-methyl/N-ethyl adjacent to an activating group) is 1. The van der Waals surface area contributed by atoms with Gasteiger partial charge in [-0.2, -0.15) is 8.78 Å². The Balaban J connectivity index is 0.00000507. The fraction of sp³-hybridized carbons (Fsp3) is 0.320. The summed E-state index contributed by atoms with van der Waals surface area (Å²) in [5.74, 6) is -0.736. The van der Waals surface area contributed by atoms with E-state index in [1.54, 1.807) is 44.1 Å². The maximum atomic E-state index is 13.1.